The average Bonchev–Trinajstić information content (AvgIpc) is 2.77. The quantitative estimate of drug-likeness (QED) is 0.765. The summed E-state index contributed by atoms with van der Waals surface area (Å²) in [6, 6.07) is 11.9. The highest BCUT2D eigenvalue weighted by Crippen LogP contribution is 2.31. The lowest BCUT2D eigenvalue weighted by Crippen LogP contribution is -2.01. The van der Waals surface area contributed by atoms with Gasteiger partial charge < -0.3 is 10.1 Å². The van der Waals surface area contributed by atoms with Crippen LogP contribution in [0.1, 0.15) is 11.1 Å². The van der Waals surface area contributed by atoms with Crippen LogP contribution in [-0.2, 0) is 11.2 Å². The molecule has 2 aromatic carbocycles. The highest BCUT2D eigenvalue weighted by atomic mass is 19.1. The zero-order valence-corrected chi connectivity index (χ0v) is 11.5. The Bertz CT molecular complexity index is 819. The number of nitrogens with one attached hydrogen (secondary N) is 1. The third kappa shape index (κ3) is 2.52. The van der Waals surface area contributed by atoms with Gasteiger partial charge in [0.05, 0.1) is 12.1 Å². The molecule has 3 nitrogen and oxygen atoms in total. The van der Waals surface area contributed by atoms with Gasteiger partial charge in [-0.05, 0) is 54.4 Å². The maximum absolute atomic E-state index is 13.1. The van der Waals surface area contributed by atoms with Crippen molar-refractivity contribution in [2.75, 3.05) is 0 Å². The summed E-state index contributed by atoms with van der Waals surface area (Å²) in [7, 11) is 0. The van der Waals surface area contributed by atoms with Crippen molar-refractivity contribution in [3.63, 3.8) is 0 Å². The van der Waals surface area contributed by atoms with Gasteiger partial charge in [-0.25, -0.2) is 4.39 Å². The number of aryl methyl sites for hydroxylation is 1. The summed E-state index contributed by atoms with van der Waals surface area (Å²) in [5, 5.41) is 10.1. The Hall–Kier alpha value is -2.62. The lowest BCUT2D eigenvalue weighted by Gasteiger charge is -2.03. The first kappa shape index (κ1) is 13.4. The average molecular weight is 283 g/mol. The molecular formula is C17H14FNO2. The molecule has 0 saturated heterocycles. The first-order chi connectivity index (χ1) is 10.0. The number of hydrogen-bond donors (Lipinski definition) is 2. The summed E-state index contributed by atoms with van der Waals surface area (Å²) in [6.07, 6.45) is -0.0733. The minimum atomic E-state index is -0.888. The van der Waals surface area contributed by atoms with Crippen molar-refractivity contribution in [2.45, 2.75) is 13.3 Å². The van der Waals surface area contributed by atoms with E-state index in [4.69, 9.17) is 5.11 Å². The molecule has 21 heavy (non-hydrogen) atoms. The van der Waals surface area contributed by atoms with Crippen molar-refractivity contribution < 1.29 is 14.3 Å². The second-order valence-corrected chi connectivity index (χ2v) is 5.10. The maximum Gasteiger partial charge on any atom is 0.307 e. The van der Waals surface area contributed by atoms with Crippen LogP contribution >= 0.6 is 0 Å². The number of carbonyl (C=O) groups is 1. The molecule has 0 atom stereocenters. The number of hydrogen-bond acceptors (Lipinski definition) is 1. The number of aliphatic carboxylic acids is 1. The molecule has 4 heteroatoms. The van der Waals surface area contributed by atoms with Gasteiger partial charge in [0.1, 0.15) is 5.82 Å². The standard InChI is InChI=1S/C17H14FNO2/c1-10-2-7-15-13(8-10)14(9-16(20)21)17(19-15)11-3-5-12(18)6-4-11/h2-8,19H,9H2,1H3,(H,20,21). The van der Waals surface area contributed by atoms with Crippen molar-refractivity contribution in [3.8, 4) is 11.3 Å². The molecule has 0 fully saturated rings. The Morgan fingerprint density at radius 2 is 1.90 bits per heavy atom. The number of carboxylic acids is 1. The van der Waals surface area contributed by atoms with Gasteiger partial charge >= 0.3 is 5.97 Å². The second kappa shape index (κ2) is 5.05. The van der Waals surface area contributed by atoms with E-state index in [9.17, 15) is 9.18 Å². The van der Waals surface area contributed by atoms with Crippen LogP contribution in [0.15, 0.2) is 42.5 Å². The zero-order valence-electron chi connectivity index (χ0n) is 11.5. The van der Waals surface area contributed by atoms with Gasteiger partial charge in [0.2, 0.25) is 0 Å². The summed E-state index contributed by atoms with van der Waals surface area (Å²) in [4.78, 5) is 14.4. The Balaban J connectivity index is 2.25. The van der Waals surface area contributed by atoms with Crippen LogP contribution in [-0.4, -0.2) is 16.1 Å². The molecule has 0 unspecified atom stereocenters. The molecule has 0 spiro atoms. The van der Waals surface area contributed by atoms with Crippen molar-refractivity contribution in [1.29, 1.82) is 0 Å². The molecule has 0 bridgehead atoms. The third-order valence-electron chi connectivity index (χ3n) is 3.52. The number of halogens is 1. The van der Waals surface area contributed by atoms with Crippen LogP contribution in [0.25, 0.3) is 22.2 Å². The summed E-state index contributed by atoms with van der Waals surface area (Å²) < 4.78 is 13.1. The van der Waals surface area contributed by atoms with E-state index < -0.39 is 5.97 Å². The molecule has 3 rings (SSSR count). The van der Waals surface area contributed by atoms with E-state index in [0.29, 0.717) is 0 Å². The Morgan fingerprint density at radius 1 is 1.19 bits per heavy atom. The van der Waals surface area contributed by atoms with E-state index in [-0.39, 0.29) is 12.2 Å². The molecule has 0 aliphatic rings. The lowest BCUT2D eigenvalue weighted by molar-refractivity contribution is -0.136. The molecule has 2 N–H and O–H groups in total. The highest BCUT2D eigenvalue weighted by molar-refractivity contribution is 5.94. The second-order valence-electron chi connectivity index (χ2n) is 5.10. The number of fused-ring (bicyclic) bond motifs is 1. The van der Waals surface area contributed by atoms with Crippen LogP contribution in [0.2, 0.25) is 0 Å². The maximum atomic E-state index is 13.1. The topological polar surface area (TPSA) is 53.1 Å². The van der Waals surface area contributed by atoms with E-state index in [2.05, 4.69) is 4.98 Å². The number of rotatable bonds is 3. The minimum absolute atomic E-state index is 0.0733. The van der Waals surface area contributed by atoms with Crippen molar-refractivity contribution >= 4 is 16.9 Å². The van der Waals surface area contributed by atoms with E-state index in [1.807, 2.05) is 25.1 Å². The Labute approximate surface area is 121 Å². The predicted octanol–water partition coefficient (Wildman–Crippen LogP) is 3.91. The van der Waals surface area contributed by atoms with E-state index in [1.165, 1.54) is 12.1 Å². The van der Waals surface area contributed by atoms with Gasteiger partial charge in [0, 0.05) is 10.9 Å². The molecule has 0 radical (unpaired) electrons. The van der Waals surface area contributed by atoms with Crippen molar-refractivity contribution in [3.05, 3.63) is 59.4 Å². The van der Waals surface area contributed by atoms with E-state index >= 15 is 0 Å². The largest absolute Gasteiger partial charge is 0.481 e. The van der Waals surface area contributed by atoms with Gasteiger partial charge in [0.25, 0.3) is 0 Å². The third-order valence-corrected chi connectivity index (χ3v) is 3.52. The minimum Gasteiger partial charge on any atom is -0.481 e. The van der Waals surface area contributed by atoms with E-state index in [1.54, 1.807) is 12.1 Å². The molecular weight excluding hydrogens is 269 g/mol. The molecule has 3 aromatic rings. The van der Waals surface area contributed by atoms with E-state index in [0.717, 1.165) is 33.3 Å². The number of aromatic nitrogens is 1. The fourth-order valence-corrected chi connectivity index (χ4v) is 2.56. The van der Waals surface area contributed by atoms with Crippen LogP contribution in [0.4, 0.5) is 4.39 Å². The number of aromatic amines is 1. The van der Waals surface area contributed by atoms with Gasteiger partial charge in [-0.3, -0.25) is 4.79 Å². The number of carboxylic acid groups (broad SMARTS) is 1. The summed E-state index contributed by atoms with van der Waals surface area (Å²) in [5.41, 5.74) is 4.20. The molecule has 0 saturated carbocycles. The van der Waals surface area contributed by atoms with Crippen molar-refractivity contribution in [1.82, 2.24) is 4.98 Å². The first-order valence-electron chi connectivity index (χ1n) is 6.63. The predicted molar refractivity (Wildman–Crippen MR) is 79.8 cm³/mol. The van der Waals surface area contributed by atoms with Crippen molar-refractivity contribution in [2.24, 2.45) is 0 Å². The molecule has 1 aromatic heterocycles. The van der Waals surface area contributed by atoms with Gasteiger partial charge in [-0.15, -0.1) is 0 Å². The lowest BCUT2D eigenvalue weighted by atomic mass is 10.0. The molecule has 0 aliphatic heterocycles. The Morgan fingerprint density at radius 3 is 2.57 bits per heavy atom. The zero-order chi connectivity index (χ0) is 15.0. The van der Waals surface area contributed by atoms with Gasteiger partial charge in [-0.1, -0.05) is 11.6 Å². The summed E-state index contributed by atoms with van der Waals surface area (Å²) in [6.45, 7) is 1.97. The van der Waals surface area contributed by atoms with Gasteiger partial charge in [-0.2, -0.15) is 0 Å². The fourth-order valence-electron chi connectivity index (χ4n) is 2.56. The fraction of sp³-hybridized carbons (Fsp3) is 0.118. The highest BCUT2D eigenvalue weighted by Gasteiger charge is 2.16. The summed E-state index contributed by atoms with van der Waals surface area (Å²) in [5.74, 6) is -1.20. The van der Waals surface area contributed by atoms with Crippen LogP contribution < -0.4 is 0 Å². The molecule has 1 heterocycles. The molecule has 0 amide bonds. The monoisotopic (exact) mass is 283 g/mol. The first-order valence-corrected chi connectivity index (χ1v) is 6.63. The normalized spacial score (nSPS) is 11.0. The number of benzene rings is 2. The number of H-pyrrole nitrogens is 1. The summed E-state index contributed by atoms with van der Waals surface area (Å²) >= 11 is 0. The Kier molecular flexibility index (Phi) is 3.22. The molecule has 106 valence electrons. The SMILES string of the molecule is Cc1ccc2[nH]c(-c3ccc(F)cc3)c(CC(=O)O)c2c1. The van der Waals surface area contributed by atoms with Crippen LogP contribution in [0, 0.1) is 12.7 Å². The van der Waals surface area contributed by atoms with Crippen LogP contribution in [0.3, 0.4) is 0 Å². The molecule has 0 aliphatic carbocycles. The smallest absolute Gasteiger partial charge is 0.307 e. The van der Waals surface area contributed by atoms with Gasteiger partial charge in [0.15, 0.2) is 0 Å². The van der Waals surface area contributed by atoms with Crippen LogP contribution in [0.5, 0.6) is 0 Å².